The first-order chi connectivity index (χ1) is 15.0. The Kier molecular flexibility index (Phi) is 5.30. The van der Waals surface area contributed by atoms with Gasteiger partial charge in [0.05, 0.1) is 32.5 Å². The molecule has 0 saturated carbocycles. The number of pyridine rings is 1. The van der Waals surface area contributed by atoms with Gasteiger partial charge in [0, 0.05) is 48.8 Å². The van der Waals surface area contributed by atoms with Crippen molar-refractivity contribution in [1.29, 1.82) is 0 Å². The van der Waals surface area contributed by atoms with Crippen molar-refractivity contribution < 1.29 is 18.3 Å². The van der Waals surface area contributed by atoms with E-state index in [1.165, 1.54) is 12.3 Å². The molecule has 0 radical (unpaired) electrons. The molecule has 3 atom stereocenters. The summed E-state index contributed by atoms with van der Waals surface area (Å²) >= 11 is 0. The first-order valence-electron chi connectivity index (χ1n) is 10.5. The van der Waals surface area contributed by atoms with Gasteiger partial charge in [-0.3, -0.25) is 0 Å². The second kappa shape index (κ2) is 8.12. The zero-order valence-corrected chi connectivity index (χ0v) is 17.2. The normalized spacial score (nSPS) is 26.0. The fourth-order valence-corrected chi connectivity index (χ4v) is 4.47. The lowest BCUT2D eigenvalue weighted by atomic mass is 10.0. The molecule has 5 heterocycles. The Hall–Kier alpha value is -2.66. The van der Waals surface area contributed by atoms with Crippen LogP contribution < -0.4 is 15.5 Å². The summed E-state index contributed by atoms with van der Waals surface area (Å²) in [6.45, 7) is 6.74. The van der Waals surface area contributed by atoms with E-state index in [9.17, 15) is 8.78 Å². The number of halogens is 2. The monoisotopic (exact) mass is 433 g/mol. The molecule has 2 aromatic heterocycles. The molecule has 31 heavy (non-hydrogen) atoms. The minimum absolute atomic E-state index is 0.0303. The molecule has 3 aliphatic heterocycles. The Morgan fingerprint density at radius 3 is 2.52 bits per heavy atom. The molecular weight excluding hydrogens is 408 g/mol. The number of hydrogen-bond donors (Lipinski definition) is 1. The molecule has 0 spiro atoms. The number of aromatic nitrogens is 4. The van der Waals surface area contributed by atoms with Crippen molar-refractivity contribution in [2.45, 2.75) is 19.4 Å². The zero-order valence-electron chi connectivity index (χ0n) is 17.2. The van der Waals surface area contributed by atoms with Crippen LogP contribution in [0.25, 0.3) is 11.4 Å². The number of ether oxygens (including phenoxy) is 2. The quantitative estimate of drug-likeness (QED) is 0.773. The van der Waals surface area contributed by atoms with Crippen LogP contribution in [0.2, 0.25) is 0 Å². The number of nitrogens with zero attached hydrogens (tertiary/aromatic N) is 6. The summed E-state index contributed by atoms with van der Waals surface area (Å²) in [7, 11) is 0. The fraction of sp³-hybridized carbons (Fsp3) is 0.600. The van der Waals surface area contributed by atoms with Crippen molar-refractivity contribution in [2.24, 2.45) is 11.8 Å². The smallest absolute Gasteiger partial charge is 0.264 e. The molecule has 2 N–H and O–H groups in total. The van der Waals surface area contributed by atoms with Crippen LogP contribution in [-0.4, -0.2) is 72.0 Å². The van der Waals surface area contributed by atoms with Gasteiger partial charge in [-0.05, 0) is 13.0 Å². The van der Waals surface area contributed by atoms with Gasteiger partial charge in [-0.15, -0.1) is 0 Å². The summed E-state index contributed by atoms with van der Waals surface area (Å²) in [6.07, 6.45) is -1.41. The minimum Gasteiger partial charge on any atom is -0.384 e. The maximum Gasteiger partial charge on any atom is 0.264 e. The molecule has 9 nitrogen and oxygen atoms in total. The Morgan fingerprint density at radius 2 is 1.81 bits per heavy atom. The lowest BCUT2D eigenvalue weighted by molar-refractivity contribution is 0.0981. The van der Waals surface area contributed by atoms with E-state index < -0.39 is 6.43 Å². The molecule has 11 heteroatoms. The van der Waals surface area contributed by atoms with Crippen LogP contribution in [0.5, 0.6) is 0 Å². The molecule has 0 aliphatic carbocycles. The maximum atomic E-state index is 13.8. The Balaban J connectivity index is 1.58. The first kappa shape index (κ1) is 20.3. The number of anilines is 3. The highest BCUT2D eigenvalue weighted by molar-refractivity contribution is 5.64. The third-order valence-corrected chi connectivity index (χ3v) is 6.19. The number of hydrogen-bond acceptors (Lipinski definition) is 9. The third kappa shape index (κ3) is 3.87. The van der Waals surface area contributed by atoms with E-state index >= 15 is 0 Å². The average Bonchev–Trinajstić information content (AvgIpc) is 3.36. The van der Waals surface area contributed by atoms with E-state index in [1.54, 1.807) is 0 Å². The second-order valence-corrected chi connectivity index (χ2v) is 8.34. The summed E-state index contributed by atoms with van der Waals surface area (Å²) in [4.78, 5) is 22.1. The highest BCUT2D eigenvalue weighted by atomic mass is 19.3. The molecule has 0 aromatic carbocycles. The van der Waals surface area contributed by atoms with E-state index in [0.717, 1.165) is 26.3 Å². The second-order valence-electron chi connectivity index (χ2n) is 8.34. The van der Waals surface area contributed by atoms with Gasteiger partial charge in [0.1, 0.15) is 5.82 Å². The highest BCUT2D eigenvalue weighted by Crippen LogP contribution is 2.35. The van der Waals surface area contributed by atoms with Crippen LogP contribution in [0.1, 0.15) is 18.9 Å². The molecule has 0 unspecified atom stereocenters. The number of morpholine rings is 1. The lowest BCUT2D eigenvalue weighted by Gasteiger charge is -2.33. The van der Waals surface area contributed by atoms with Gasteiger partial charge in [0.15, 0.2) is 5.82 Å². The Morgan fingerprint density at radius 1 is 1.06 bits per heavy atom. The maximum absolute atomic E-state index is 13.8. The molecule has 166 valence electrons. The van der Waals surface area contributed by atoms with Gasteiger partial charge in [0.25, 0.3) is 6.43 Å². The number of alkyl halides is 2. The van der Waals surface area contributed by atoms with Crippen LogP contribution >= 0.6 is 0 Å². The summed E-state index contributed by atoms with van der Waals surface area (Å²) in [6, 6.07) is 1.24. The van der Waals surface area contributed by atoms with E-state index in [4.69, 9.17) is 20.2 Å². The van der Waals surface area contributed by atoms with Gasteiger partial charge >= 0.3 is 0 Å². The summed E-state index contributed by atoms with van der Waals surface area (Å²) in [5, 5.41) is 0. The van der Waals surface area contributed by atoms with Crippen molar-refractivity contribution in [3.05, 3.63) is 17.8 Å². The Labute approximate surface area is 178 Å². The summed E-state index contributed by atoms with van der Waals surface area (Å²) in [5.74, 6) is 2.02. The van der Waals surface area contributed by atoms with E-state index in [2.05, 4.69) is 19.9 Å². The average molecular weight is 433 g/mol. The minimum atomic E-state index is -2.73. The molecule has 0 bridgehead atoms. The van der Waals surface area contributed by atoms with Crippen LogP contribution in [0.3, 0.4) is 0 Å². The first-order valence-corrected chi connectivity index (χ1v) is 10.5. The molecule has 3 fully saturated rings. The number of nitrogens with two attached hydrogens (primary N) is 1. The van der Waals surface area contributed by atoms with E-state index in [-0.39, 0.29) is 28.8 Å². The van der Waals surface area contributed by atoms with Crippen LogP contribution in [0.15, 0.2) is 12.3 Å². The van der Waals surface area contributed by atoms with E-state index in [1.807, 2.05) is 11.8 Å². The largest absolute Gasteiger partial charge is 0.384 e. The number of rotatable bonds is 4. The topological polar surface area (TPSA) is 103 Å². The van der Waals surface area contributed by atoms with Gasteiger partial charge in [-0.2, -0.15) is 15.0 Å². The van der Waals surface area contributed by atoms with Crippen molar-refractivity contribution in [3.63, 3.8) is 0 Å². The molecule has 0 amide bonds. The summed E-state index contributed by atoms with van der Waals surface area (Å²) in [5.41, 5.74) is 5.58. The molecule has 3 saturated heterocycles. The predicted octanol–water partition coefficient (Wildman–Crippen LogP) is 1.76. The fourth-order valence-electron chi connectivity index (χ4n) is 4.47. The van der Waals surface area contributed by atoms with Crippen LogP contribution in [0.4, 0.5) is 26.5 Å². The predicted molar refractivity (Wildman–Crippen MR) is 110 cm³/mol. The molecule has 5 rings (SSSR count). The van der Waals surface area contributed by atoms with Crippen molar-refractivity contribution >= 4 is 17.7 Å². The SMILES string of the molecule is C[C@@H]1COCCN1c1nc(-c2cnc(N)cc2C(F)F)nc(N2C[C@H]3COC[C@H]3C2)n1. The van der Waals surface area contributed by atoms with Crippen molar-refractivity contribution in [2.75, 3.05) is 61.6 Å². The highest BCUT2D eigenvalue weighted by Gasteiger charge is 2.39. The number of fused-ring (bicyclic) bond motifs is 1. The lowest BCUT2D eigenvalue weighted by Crippen LogP contribution is -2.45. The third-order valence-electron chi connectivity index (χ3n) is 6.19. The zero-order chi connectivity index (χ0) is 21.5. The van der Waals surface area contributed by atoms with Crippen molar-refractivity contribution in [1.82, 2.24) is 19.9 Å². The number of nitrogen functional groups attached to an aromatic ring is 1. The summed E-state index contributed by atoms with van der Waals surface area (Å²) < 4.78 is 38.6. The van der Waals surface area contributed by atoms with Crippen LogP contribution in [-0.2, 0) is 9.47 Å². The van der Waals surface area contributed by atoms with Gasteiger partial charge < -0.3 is 25.0 Å². The standard InChI is InChI=1S/C20H25F2N7O2/c1-11-8-30-3-2-29(11)20-26-18(15-5-24-16(23)4-14(15)17(21)22)25-19(27-20)28-6-12-9-31-10-13(12)7-28/h4-5,11-13,17H,2-3,6-10H2,1H3,(H2,23,24)/t11-,12-,13+/m1/s1. The van der Waals surface area contributed by atoms with Gasteiger partial charge in [0.2, 0.25) is 11.9 Å². The molecule has 3 aliphatic rings. The van der Waals surface area contributed by atoms with Gasteiger partial charge in [-0.25, -0.2) is 13.8 Å². The van der Waals surface area contributed by atoms with Crippen LogP contribution in [0, 0.1) is 11.8 Å². The van der Waals surface area contributed by atoms with Crippen molar-refractivity contribution in [3.8, 4) is 11.4 Å². The van der Waals surface area contributed by atoms with Gasteiger partial charge in [-0.1, -0.05) is 0 Å². The van der Waals surface area contributed by atoms with E-state index in [0.29, 0.717) is 43.5 Å². The molecule has 2 aromatic rings. The molecular formula is C20H25F2N7O2. The Bertz CT molecular complexity index is 951.